The highest BCUT2D eigenvalue weighted by atomic mass is 79.9. The first-order valence-electron chi connectivity index (χ1n) is 3.14. The van der Waals surface area contributed by atoms with E-state index in [9.17, 15) is 13.7 Å². The molecule has 0 saturated carbocycles. The van der Waals surface area contributed by atoms with Gasteiger partial charge in [-0.05, 0) is 28.1 Å². The van der Waals surface area contributed by atoms with E-state index in [1.54, 1.807) is 0 Å². The minimum Gasteiger partial charge on any atom is -0.398 e. The van der Waals surface area contributed by atoms with Gasteiger partial charge in [0.15, 0.2) is 5.82 Å². The van der Waals surface area contributed by atoms with Crippen molar-refractivity contribution in [2.75, 3.05) is 5.73 Å². The fourth-order valence-corrected chi connectivity index (χ4v) is 1.14. The molecule has 0 radical (unpaired) electrons. The van der Waals surface area contributed by atoms with E-state index in [1.165, 1.54) is 12.1 Å². The molecule has 6 heteroatoms. The lowest BCUT2D eigenvalue weighted by atomic mass is 10.2. The highest BCUT2D eigenvalue weighted by Crippen LogP contribution is 2.24. The highest BCUT2D eigenvalue weighted by Gasteiger charge is 2.19. The summed E-state index contributed by atoms with van der Waals surface area (Å²) in [6.07, 6.45) is 0. The molecule has 0 unspecified atom stereocenters. The van der Waals surface area contributed by atoms with Gasteiger partial charge in [0.1, 0.15) is 5.56 Å². The molecule has 0 heterocycles. The van der Waals surface area contributed by atoms with Gasteiger partial charge in [-0.3, -0.25) is 0 Å². The van der Waals surface area contributed by atoms with Gasteiger partial charge in [0.2, 0.25) is 0 Å². The van der Waals surface area contributed by atoms with Crippen LogP contribution in [-0.2, 0) is 4.94 Å². The third-order valence-corrected chi connectivity index (χ3v) is 2.01. The van der Waals surface area contributed by atoms with Crippen LogP contribution < -0.4 is 5.73 Å². The number of hydrogen-bond acceptors (Lipinski definition) is 3. The smallest absolute Gasteiger partial charge is 0.384 e. The van der Waals surface area contributed by atoms with Gasteiger partial charge >= 0.3 is 5.97 Å². The van der Waals surface area contributed by atoms with E-state index < -0.39 is 17.3 Å². The van der Waals surface area contributed by atoms with E-state index in [1.807, 2.05) is 0 Å². The largest absolute Gasteiger partial charge is 0.398 e. The van der Waals surface area contributed by atoms with Crippen molar-refractivity contribution >= 4 is 27.6 Å². The van der Waals surface area contributed by atoms with Crippen molar-refractivity contribution < 1.29 is 18.7 Å². The maximum atomic E-state index is 13.1. The van der Waals surface area contributed by atoms with E-state index in [-0.39, 0.29) is 10.2 Å². The molecule has 0 aliphatic carbocycles. The standard InChI is InChI=1S/C7H4BrF2NO2/c8-3-1-2-4(11)5(6(3)9)7(12)13-10/h1-2H,11H2. The fourth-order valence-electron chi connectivity index (χ4n) is 0.812. The predicted molar refractivity (Wildman–Crippen MR) is 45.0 cm³/mol. The lowest BCUT2D eigenvalue weighted by Gasteiger charge is -2.03. The van der Waals surface area contributed by atoms with Crippen LogP contribution >= 0.6 is 15.9 Å². The fraction of sp³-hybridized carbons (Fsp3) is 0. The first-order valence-corrected chi connectivity index (χ1v) is 3.93. The Morgan fingerprint density at radius 1 is 1.54 bits per heavy atom. The summed E-state index contributed by atoms with van der Waals surface area (Å²) in [5.41, 5.74) is 4.45. The molecule has 0 amide bonds. The normalized spacial score (nSPS) is 9.77. The van der Waals surface area contributed by atoms with Gasteiger partial charge in [-0.25, -0.2) is 14.1 Å². The van der Waals surface area contributed by atoms with Gasteiger partial charge in [-0.1, -0.05) is 0 Å². The minimum atomic E-state index is -1.45. The van der Waals surface area contributed by atoms with Crippen molar-refractivity contribution in [3.05, 3.63) is 28.0 Å². The molecule has 2 N–H and O–H groups in total. The Kier molecular flexibility index (Phi) is 2.82. The van der Waals surface area contributed by atoms with Crippen LogP contribution in [0.5, 0.6) is 0 Å². The van der Waals surface area contributed by atoms with Crippen molar-refractivity contribution in [1.29, 1.82) is 0 Å². The SMILES string of the molecule is Nc1ccc(Br)c(F)c1C(=O)OF. The third-order valence-electron chi connectivity index (χ3n) is 1.40. The zero-order valence-electron chi connectivity index (χ0n) is 6.18. The molecular formula is C7H4BrF2NO2. The molecule has 0 fully saturated rings. The second-order valence-electron chi connectivity index (χ2n) is 2.19. The number of nitrogen functional groups attached to an aromatic ring is 1. The van der Waals surface area contributed by atoms with E-state index >= 15 is 0 Å². The summed E-state index contributed by atoms with van der Waals surface area (Å²) in [4.78, 5) is 13.5. The Morgan fingerprint density at radius 3 is 2.69 bits per heavy atom. The predicted octanol–water partition coefficient (Wildman–Crippen LogP) is 2.21. The van der Waals surface area contributed by atoms with Crippen LogP contribution in [0.1, 0.15) is 10.4 Å². The maximum Gasteiger partial charge on any atom is 0.384 e. The van der Waals surface area contributed by atoms with Crippen LogP contribution in [0.25, 0.3) is 0 Å². The molecule has 0 saturated heterocycles. The summed E-state index contributed by atoms with van der Waals surface area (Å²) >= 11 is 2.82. The molecule has 0 bridgehead atoms. The Hall–Kier alpha value is -1.17. The van der Waals surface area contributed by atoms with Crippen LogP contribution in [-0.4, -0.2) is 5.97 Å². The molecule has 0 spiro atoms. The number of benzene rings is 1. The number of rotatable bonds is 1. The second kappa shape index (κ2) is 3.69. The van der Waals surface area contributed by atoms with Crippen molar-refractivity contribution in [3.8, 4) is 0 Å². The third kappa shape index (κ3) is 1.77. The number of carbonyl (C=O) groups excluding carboxylic acids is 1. The lowest BCUT2D eigenvalue weighted by Crippen LogP contribution is -2.07. The Morgan fingerprint density at radius 2 is 2.15 bits per heavy atom. The number of halogens is 3. The molecule has 1 aromatic carbocycles. The average Bonchev–Trinajstić information content (AvgIpc) is 2.12. The van der Waals surface area contributed by atoms with Crippen LogP contribution in [0, 0.1) is 5.82 Å². The van der Waals surface area contributed by atoms with Gasteiger partial charge in [0, 0.05) is 10.2 Å². The Bertz CT molecular complexity index is 357. The molecule has 0 aromatic heterocycles. The van der Waals surface area contributed by atoms with Crippen LogP contribution in [0.15, 0.2) is 16.6 Å². The van der Waals surface area contributed by atoms with Crippen molar-refractivity contribution in [1.82, 2.24) is 0 Å². The summed E-state index contributed by atoms with van der Waals surface area (Å²) in [6.45, 7) is 0. The number of nitrogens with two attached hydrogens (primary N) is 1. The molecule has 1 rings (SSSR count). The first-order chi connectivity index (χ1) is 6.07. The second-order valence-corrected chi connectivity index (χ2v) is 3.04. The molecule has 3 nitrogen and oxygen atoms in total. The quantitative estimate of drug-likeness (QED) is 0.779. The van der Waals surface area contributed by atoms with Gasteiger partial charge in [0.05, 0.1) is 4.47 Å². The molecule has 13 heavy (non-hydrogen) atoms. The van der Waals surface area contributed by atoms with Gasteiger partial charge in [-0.15, -0.1) is 0 Å². The highest BCUT2D eigenvalue weighted by molar-refractivity contribution is 9.10. The summed E-state index contributed by atoms with van der Waals surface area (Å²) in [6, 6.07) is 2.57. The zero-order valence-corrected chi connectivity index (χ0v) is 7.77. The van der Waals surface area contributed by atoms with Crippen LogP contribution in [0.3, 0.4) is 0 Å². The maximum absolute atomic E-state index is 13.1. The molecule has 1 aromatic rings. The van der Waals surface area contributed by atoms with Gasteiger partial charge in [0.25, 0.3) is 0 Å². The summed E-state index contributed by atoms with van der Waals surface area (Å²) in [5.74, 6) is -2.39. The number of carbonyl (C=O) groups is 1. The van der Waals surface area contributed by atoms with E-state index in [0.29, 0.717) is 0 Å². The molecule has 0 atom stereocenters. The number of hydrogen-bond donors (Lipinski definition) is 1. The molecule has 0 aliphatic rings. The van der Waals surface area contributed by atoms with Crippen molar-refractivity contribution in [3.63, 3.8) is 0 Å². The summed E-state index contributed by atoms with van der Waals surface area (Å²) in [5, 5.41) is 0. The molecular weight excluding hydrogens is 248 g/mol. The van der Waals surface area contributed by atoms with E-state index in [0.717, 1.165) is 0 Å². The topological polar surface area (TPSA) is 52.3 Å². The van der Waals surface area contributed by atoms with Crippen LogP contribution in [0.4, 0.5) is 14.6 Å². The molecule has 70 valence electrons. The molecule has 0 aliphatic heterocycles. The first kappa shape index (κ1) is 9.91. The number of anilines is 1. The average molecular weight is 252 g/mol. The van der Waals surface area contributed by atoms with E-state index in [4.69, 9.17) is 5.73 Å². The van der Waals surface area contributed by atoms with Crippen molar-refractivity contribution in [2.45, 2.75) is 0 Å². The monoisotopic (exact) mass is 251 g/mol. The van der Waals surface area contributed by atoms with Gasteiger partial charge < -0.3 is 5.73 Å². The van der Waals surface area contributed by atoms with E-state index in [2.05, 4.69) is 20.9 Å². The Balaban J connectivity index is 3.33. The van der Waals surface area contributed by atoms with Gasteiger partial charge in [-0.2, -0.15) is 0 Å². The van der Waals surface area contributed by atoms with Crippen molar-refractivity contribution in [2.24, 2.45) is 0 Å². The lowest BCUT2D eigenvalue weighted by molar-refractivity contribution is -0.0790. The summed E-state index contributed by atoms with van der Waals surface area (Å²) in [7, 11) is 0. The van der Waals surface area contributed by atoms with Crippen LogP contribution in [0.2, 0.25) is 0 Å². The zero-order chi connectivity index (χ0) is 10.0. The Labute approximate surface area is 80.5 Å². The summed E-state index contributed by atoms with van der Waals surface area (Å²) < 4.78 is 24.6. The minimum absolute atomic E-state index is 0.0158.